The van der Waals surface area contributed by atoms with Crippen molar-refractivity contribution < 1.29 is 4.74 Å². The molecule has 3 aromatic rings. The van der Waals surface area contributed by atoms with Gasteiger partial charge in [0.1, 0.15) is 11.3 Å². The second-order valence-corrected chi connectivity index (χ2v) is 4.92. The molecule has 0 fully saturated rings. The number of fused-ring (bicyclic) bond motifs is 1. The molecule has 0 saturated heterocycles. The zero-order valence-corrected chi connectivity index (χ0v) is 11.9. The third-order valence-electron chi connectivity index (χ3n) is 3.14. The molecule has 2 nitrogen and oxygen atoms in total. The van der Waals surface area contributed by atoms with E-state index in [1.165, 1.54) is 0 Å². The van der Waals surface area contributed by atoms with E-state index < -0.39 is 0 Å². The van der Waals surface area contributed by atoms with E-state index in [-0.39, 0.29) is 0 Å². The normalized spacial score (nSPS) is 10.7. The number of benzene rings is 2. The molecule has 0 aliphatic rings. The molecule has 1 heterocycles. The summed E-state index contributed by atoms with van der Waals surface area (Å²) in [5.41, 5.74) is 1.77. The summed E-state index contributed by atoms with van der Waals surface area (Å²) < 4.78 is 5.92. The van der Waals surface area contributed by atoms with Crippen LogP contribution in [-0.2, 0) is 6.42 Å². The molecule has 0 saturated carbocycles. The molecule has 0 amide bonds. The maximum Gasteiger partial charge on any atom is 0.153 e. The van der Waals surface area contributed by atoms with Crippen LogP contribution < -0.4 is 4.74 Å². The highest BCUT2D eigenvalue weighted by Gasteiger charge is 2.09. The van der Waals surface area contributed by atoms with Gasteiger partial charge in [0.05, 0.1) is 5.02 Å². The molecule has 0 unspecified atom stereocenters. The number of pyridine rings is 1. The number of hydrogen-bond acceptors (Lipinski definition) is 2. The first-order valence-electron chi connectivity index (χ1n) is 6.59. The fourth-order valence-electron chi connectivity index (χ4n) is 2.11. The van der Waals surface area contributed by atoms with Gasteiger partial charge in [-0.1, -0.05) is 48.9 Å². The molecule has 2 aromatic carbocycles. The molecule has 0 atom stereocenters. The van der Waals surface area contributed by atoms with E-state index in [2.05, 4.69) is 11.9 Å². The van der Waals surface area contributed by atoms with Gasteiger partial charge in [-0.25, -0.2) is 4.98 Å². The van der Waals surface area contributed by atoms with Gasteiger partial charge in [-0.05, 0) is 30.7 Å². The molecule has 20 heavy (non-hydrogen) atoms. The van der Waals surface area contributed by atoms with Crippen LogP contribution in [0.3, 0.4) is 0 Å². The zero-order chi connectivity index (χ0) is 13.9. The second-order valence-electron chi connectivity index (χ2n) is 4.52. The minimum Gasteiger partial charge on any atom is -0.455 e. The predicted octanol–water partition coefficient (Wildman–Crippen LogP) is 5.24. The van der Waals surface area contributed by atoms with Crippen LogP contribution >= 0.6 is 11.6 Å². The van der Waals surface area contributed by atoms with Crippen molar-refractivity contribution in [1.29, 1.82) is 0 Å². The van der Waals surface area contributed by atoms with Crippen molar-refractivity contribution in [2.75, 3.05) is 0 Å². The lowest BCUT2D eigenvalue weighted by molar-refractivity contribution is 0.487. The van der Waals surface area contributed by atoms with Crippen molar-refractivity contribution in [2.45, 2.75) is 13.3 Å². The molecule has 0 bridgehead atoms. The van der Waals surface area contributed by atoms with Crippen molar-refractivity contribution in [3.8, 4) is 11.5 Å². The molecular weight excluding hydrogens is 270 g/mol. The number of hydrogen-bond donors (Lipinski definition) is 0. The van der Waals surface area contributed by atoms with E-state index in [4.69, 9.17) is 16.3 Å². The number of halogens is 1. The highest BCUT2D eigenvalue weighted by molar-refractivity contribution is 6.35. The Hall–Kier alpha value is -2.06. The zero-order valence-electron chi connectivity index (χ0n) is 11.1. The molecule has 3 rings (SSSR count). The van der Waals surface area contributed by atoms with E-state index in [0.717, 1.165) is 34.5 Å². The highest BCUT2D eigenvalue weighted by atomic mass is 35.5. The lowest BCUT2D eigenvalue weighted by atomic mass is 10.1. The minimum atomic E-state index is 0.713. The van der Waals surface area contributed by atoms with Gasteiger partial charge in [0.15, 0.2) is 5.75 Å². The van der Waals surface area contributed by atoms with Crippen LogP contribution in [0.4, 0.5) is 0 Å². The van der Waals surface area contributed by atoms with E-state index in [1.807, 2.05) is 54.6 Å². The van der Waals surface area contributed by atoms with Gasteiger partial charge < -0.3 is 4.74 Å². The summed E-state index contributed by atoms with van der Waals surface area (Å²) in [5.74, 6) is 1.52. The Labute approximate surface area is 123 Å². The monoisotopic (exact) mass is 283 g/mol. The van der Waals surface area contributed by atoms with Crippen LogP contribution in [0, 0.1) is 0 Å². The summed E-state index contributed by atoms with van der Waals surface area (Å²) in [6, 6.07) is 17.4. The van der Waals surface area contributed by atoms with Crippen molar-refractivity contribution in [3.05, 3.63) is 65.3 Å². The van der Waals surface area contributed by atoms with E-state index in [0.29, 0.717) is 5.02 Å². The standard InChI is InChI=1S/C17H14ClNO/c1-2-12-11-15(18)14-9-6-10-16(17(14)19-12)20-13-7-4-3-5-8-13/h3-11H,2H2,1H3. The third-order valence-corrected chi connectivity index (χ3v) is 3.45. The Bertz CT molecular complexity index is 741. The van der Waals surface area contributed by atoms with Gasteiger partial charge in [-0.2, -0.15) is 0 Å². The number of para-hydroxylation sites is 2. The fraction of sp³-hybridized carbons (Fsp3) is 0.118. The molecule has 0 radical (unpaired) electrons. The van der Waals surface area contributed by atoms with Crippen LogP contribution in [0.15, 0.2) is 54.6 Å². The maximum absolute atomic E-state index is 6.32. The average Bonchev–Trinajstić information content (AvgIpc) is 2.49. The molecule has 3 heteroatoms. The number of rotatable bonds is 3. The highest BCUT2D eigenvalue weighted by Crippen LogP contribution is 2.32. The summed E-state index contributed by atoms with van der Waals surface area (Å²) in [4.78, 5) is 4.64. The van der Waals surface area contributed by atoms with Crippen molar-refractivity contribution >= 4 is 22.5 Å². The van der Waals surface area contributed by atoms with Gasteiger partial charge in [0.2, 0.25) is 0 Å². The van der Waals surface area contributed by atoms with Crippen molar-refractivity contribution in [1.82, 2.24) is 4.98 Å². The van der Waals surface area contributed by atoms with Crippen molar-refractivity contribution in [3.63, 3.8) is 0 Å². The Balaban J connectivity index is 2.13. The third kappa shape index (κ3) is 2.47. The number of aryl methyl sites for hydroxylation is 1. The smallest absolute Gasteiger partial charge is 0.153 e. The van der Waals surface area contributed by atoms with Gasteiger partial charge in [-0.3, -0.25) is 0 Å². The molecule has 100 valence electrons. The lowest BCUT2D eigenvalue weighted by Crippen LogP contribution is -1.92. The number of ether oxygens (including phenoxy) is 1. The molecule has 0 aliphatic heterocycles. The number of nitrogens with zero attached hydrogens (tertiary/aromatic N) is 1. The fourth-order valence-corrected chi connectivity index (χ4v) is 2.39. The molecule has 0 aliphatic carbocycles. The van der Waals surface area contributed by atoms with Crippen LogP contribution in [0.5, 0.6) is 11.5 Å². The Morgan fingerprint density at radius 1 is 1.05 bits per heavy atom. The summed E-state index contributed by atoms with van der Waals surface area (Å²) >= 11 is 6.32. The Morgan fingerprint density at radius 3 is 2.60 bits per heavy atom. The van der Waals surface area contributed by atoms with E-state index in [9.17, 15) is 0 Å². The van der Waals surface area contributed by atoms with Gasteiger partial charge in [0.25, 0.3) is 0 Å². The van der Waals surface area contributed by atoms with Crippen LogP contribution in [0.1, 0.15) is 12.6 Å². The minimum absolute atomic E-state index is 0.713. The predicted molar refractivity (Wildman–Crippen MR) is 82.6 cm³/mol. The SMILES string of the molecule is CCc1cc(Cl)c2cccc(Oc3ccccc3)c2n1. The summed E-state index contributed by atoms with van der Waals surface area (Å²) in [5, 5.41) is 1.63. The summed E-state index contributed by atoms with van der Waals surface area (Å²) in [7, 11) is 0. The summed E-state index contributed by atoms with van der Waals surface area (Å²) in [6.07, 6.45) is 0.843. The Kier molecular flexibility index (Phi) is 3.57. The topological polar surface area (TPSA) is 22.1 Å². The van der Waals surface area contributed by atoms with Gasteiger partial charge in [-0.15, -0.1) is 0 Å². The van der Waals surface area contributed by atoms with E-state index >= 15 is 0 Å². The average molecular weight is 284 g/mol. The first-order valence-corrected chi connectivity index (χ1v) is 6.97. The quantitative estimate of drug-likeness (QED) is 0.655. The second kappa shape index (κ2) is 5.51. The van der Waals surface area contributed by atoms with E-state index in [1.54, 1.807) is 0 Å². The Morgan fingerprint density at radius 2 is 1.85 bits per heavy atom. The van der Waals surface area contributed by atoms with Crippen LogP contribution in [0.25, 0.3) is 10.9 Å². The van der Waals surface area contributed by atoms with Gasteiger partial charge >= 0.3 is 0 Å². The molecule has 0 N–H and O–H groups in total. The number of aromatic nitrogens is 1. The first kappa shape index (κ1) is 12.9. The van der Waals surface area contributed by atoms with Crippen LogP contribution in [0.2, 0.25) is 5.02 Å². The summed E-state index contributed by atoms with van der Waals surface area (Å²) in [6.45, 7) is 2.06. The maximum atomic E-state index is 6.32. The van der Waals surface area contributed by atoms with Gasteiger partial charge in [0, 0.05) is 11.1 Å². The van der Waals surface area contributed by atoms with Crippen molar-refractivity contribution in [2.24, 2.45) is 0 Å². The molecular formula is C17H14ClNO. The lowest BCUT2D eigenvalue weighted by Gasteiger charge is -2.10. The molecule has 1 aromatic heterocycles. The largest absolute Gasteiger partial charge is 0.455 e. The molecule has 0 spiro atoms. The van der Waals surface area contributed by atoms with Crippen LogP contribution in [-0.4, -0.2) is 4.98 Å². The first-order chi connectivity index (χ1) is 9.78.